The molecule has 2 aliphatic heterocycles. The summed E-state index contributed by atoms with van der Waals surface area (Å²) in [7, 11) is 0. The maximum atomic E-state index is 9.72. The second-order valence-corrected chi connectivity index (χ2v) is 6.88. The molecule has 2 aliphatic rings. The van der Waals surface area contributed by atoms with E-state index in [1.54, 1.807) is 0 Å². The second-order valence-electron chi connectivity index (χ2n) is 6.88. The highest BCUT2D eigenvalue weighted by molar-refractivity contribution is 5.16. The first-order valence-corrected chi connectivity index (χ1v) is 8.76. The van der Waals surface area contributed by atoms with Crippen LogP contribution in [0.3, 0.4) is 0 Å². The van der Waals surface area contributed by atoms with E-state index in [9.17, 15) is 10.4 Å². The SMILES string of the molecule is CC1(OC2CCCCO2)C(C#N)C(CO)CN1Cc1ccccc1. The molecule has 0 amide bonds. The molecular weight excluding hydrogens is 304 g/mol. The molecule has 1 N–H and O–H groups in total. The third-order valence-electron chi connectivity index (χ3n) is 5.23. The Balaban J connectivity index is 1.82. The van der Waals surface area contributed by atoms with Gasteiger partial charge in [-0.15, -0.1) is 0 Å². The van der Waals surface area contributed by atoms with Crippen LogP contribution in [0.15, 0.2) is 30.3 Å². The number of likely N-dealkylation sites (tertiary alicyclic amines) is 1. The molecule has 130 valence electrons. The number of ether oxygens (including phenoxy) is 2. The van der Waals surface area contributed by atoms with Gasteiger partial charge in [0.15, 0.2) is 6.29 Å². The summed E-state index contributed by atoms with van der Waals surface area (Å²) in [6.07, 6.45) is 2.73. The van der Waals surface area contributed by atoms with E-state index in [-0.39, 0.29) is 24.7 Å². The summed E-state index contributed by atoms with van der Waals surface area (Å²) >= 11 is 0. The van der Waals surface area contributed by atoms with Crippen LogP contribution in [0.2, 0.25) is 0 Å². The fourth-order valence-electron chi connectivity index (χ4n) is 3.84. The lowest BCUT2D eigenvalue weighted by Gasteiger charge is -2.40. The number of benzene rings is 1. The molecule has 5 nitrogen and oxygen atoms in total. The van der Waals surface area contributed by atoms with Gasteiger partial charge >= 0.3 is 0 Å². The first-order valence-electron chi connectivity index (χ1n) is 8.76. The van der Waals surface area contributed by atoms with Crippen molar-refractivity contribution in [2.24, 2.45) is 11.8 Å². The van der Waals surface area contributed by atoms with Crippen LogP contribution in [0.25, 0.3) is 0 Å². The van der Waals surface area contributed by atoms with Crippen molar-refractivity contribution >= 4 is 0 Å². The second kappa shape index (κ2) is 7.62. The predicted octanol–water partition coefficient (Wildman–Crippen LogP) is 2.51. The molecule has 0 bridgehead atoms. The largest absolute Gasteiger partial charge is 0.396 e. The number of rotatable bonds is 5. The molecule has 0 aliphatic carbocycles. The van der Waals surface area contributed by atoms with Crippen molar-refractivity contribution in [1.82, 2.24) is 4.90 Å². The summed E-state index contributed by atoms with van der Waals surface area (Å²) in [5.74, 6) is -0.482. The predicted molar refractivity (Wildman–Crippen MR) is 89.6 cm³/mol. The highest BCUT2D eigenvalue weighted by Gasteiger charge is 2.53. The summed E-state index contributed by atoms with van der Waals surface area (Å²) in [5, 5.41) is 19.4. The van der Waals surface area contributed by atoms with Crippen LogP contribution in [0.5, 0.6) is 0 Å². The number of hydrogen-bond donors (Lipinski definition) is 1. The molecule has 1 aromatic carbocycles. The normalized spacial score (nSPS) is 34.1. The summed E-state index contributed by atoms with van der Waals surface area (Å²) in [5.41, 5.74) is 0.423. The Morgan fingerprint density at radius 1 is 1.38 bits per heavy atom. The Hall–Kier alpha value is -1.45. The zero-order valence-corrected chi connectivity index (χ0v) is 14.2. The highest BCUT2D eigenvalue weighted by atomic mass is 16.7. The fraction of sp³-hybridized carbons (Fsp3) is 0.632. The molecule has 1 aromatic rings. The maximum Gasteiger partial charge on any atom is 0.160 e. The number of nitriles is 1. The lowest BCUT2D eigenvalue weighted by atomic mass is 9.90. The summed E-state index contributed by atoms with van der Waals surface area (Å²) in [6.45, 7) is 4.01. The minimum absolute atomic E-state index is 0.00596. The van der Waals surface area contributed by atoms with Gasteiger partial charge in [-0.3, -0.25) is 4.90 Å². The van der Waals surface area contributed by atoms with E-state index in [1.807, 2.05) is 25.1 Å². The molecule has 0 spiro atoms. The van der Waals surface area contributed by atoms with Gasteiger partial charge in [-0.2, -0.15) is 5.26 Å². The van der Waals surface area contributed by atoms with Crippen molar-refractivity contribution in [2.75, 3.05) is 19.8 Å². The minimum atomic E-state index is -0.750. The zero-order chi connectivity index (χ0) is 17.0. The topological polar surface area (TPSA) is 65.7 Å². The first-order chi connectivity index (χ1) is 11.7. The minimum Gasteiger partial charge on any atom is -0.396 e. The van der Waals surface area contributed by atoms with Gasteiger partial charge in [0.1, 0.15) is 5.72 Å². The van der Waals surface area contributed by atoms with Crippen LogP contribution in [0.4, 0.5) is 0 Å². The lowest BCUT2D eigenvalue weighted by Crippen LogP contribution is -2.50. The number of nitrogens with zero attached hydrogens (tertiary/aromatic N) is 2. The van der Waals surface area contributed by atoms with E-state index in [0.29, 0.717) is 19.7 Å². The van der Waals surface area contributed by atoms with Gasteiger partial charge in [-0.25, -0.2) is 0 Å². The van der Waals surface area contributed by atoms with Crippen LogP contribution in [-0.2, 0) is 16.0 Å². The number of aliphatic hydroxyl groups is 1. The average molecular weight is 330 g/mol. The van der Waals surface area contributed by atoms with Crippen molar-refractivity contribution in [3.05, 3.63) is 35.9 Å². The Labute approximate surface area is 143 Å². The van der Waals surface area contributed by atoms with E-state index in [1.165, 1.54) is 5.56 Å². The van der Waals surface area contributed by atoms with E-state index >= 15 is 0 Å². The standard InChI is InChI=1S/C19H26N2O3/c1-19(24-18-9-5-6-10-23-18)17(11-20)16(14-22)13-21(19)12-15-7-3-2-4-8-15/h2-4,7-8,16-18,22H,5-6,9-10,12-14H2,1H3. The molecule has 0 saturated carbocycles. The highest BCUT2D eigenvalue weighted by Crippen LogP contribution is 2.42. The van der Waals surface area contributed by atoms with Crippen LogP contribution in [-0.4, -0.2) is 41.8 Å². The molecular formula is C19H26N2O3. The van der Waals surface area contributed by atoms with E-state index < -0.39 is 5.72 Å². The van der Waals surface area contributed by atoms with Gasteiger partial charge in [-0.05, 0) is 31.7 Å². The Morgan fingerprint density at radius 2 is 2.17 bits per heavy atom. The van der Waals surface area contributed by atoms with E-state index in [4.69, 9.17) is 9.47 Å². The first kappa shape index (κ1) is 17.4. The van der Waals surface area contributed by atoms with Gasteiger partial charge < -0.3 is 14.6 Å². The molecule has 2 fully saturated rings. The Kier molecular flexibility index (Phi) is 5.52. The third-order valence-corrected chi connectivity index (χ3v) is 5.23. The van der Waals surface area contributed by atoms with Gasteiger partial charge in [0.25, 0.3) is 0 Å². The molecule has 0 radical (unpaired) electrons. The molecule has 2 saturated heterocycles. The van der Waals surface area contributed by atoms with Crippen molar-refractivity contribution in [2.45, 2.75) is 44.7 Å². The van der Waals surface area contributed by atoms with Crippen molar-refractivity contribution in [3.63, 3.8) is 0 Å². The molecule has 24 heavy (non-hydrogen) atoms. The van der Waals surface area contributed by atoms with E-state index in [2.05, 4.69) is 23.1 Å². The number of aliphatic hydroxyl groups excluding tert-OH is 1. The maximum absolute atomic E-state index is 9.72. The average Bonchev–Trinajstić information content (AvgIpc) is 2.87. The summed E-state index contributed by atoms with van der Waals surface area (Å²) in [6, 6.07) is 12.5. The molecule has 2 heterocycles. The number of hydrogen-bond acceptors (Lipinski definition) is 5. The molecule has 5 heteroatoms. The third kappa shape index (κ3) is 3.47. The smallest absolute Gasteiger partial charge is 0.160 e. The molecule has 0 aromatic heterocycles. The van der Waals surface area contributed by atoms with Crippen LogP contribution in [0, 0.1) is 23.2 Å². The monoisotopic (exact) mass is 330 g/mol. The Bertz CT molecular complexity index is 568. The molecule has 3 rings (SSSR count). The molecule has 4 atom stereocenters. The molecule has 4 unspecified atom stereocenters. The Morgan fingerprint density at radius 3 is 2.79 bits per heavy atom. The van der Waals surface area contributed by atoms with Crippen molar-refractivity contribution < 1.29 is 14.6 Å². The van der Waals surface area contributed by atoms with Crippen molar-refractivity contribution in [3.8, 4) is 6.07 Å². The van der Waals surface area contributed by atoms with Crippen LogP contribution >= 0.6 is 0 Å². The van der Waals surface area contributed by atoms with E-state index in [0.717, 1.165) is 19.3 Å². The summed E-state index contributed by atoms with van der Waals surface area (Å²) < 4.78 is 12.1. The quantitative estimate of drug-likeness (QED) is 0.898. The van der Waals surface area contributed by atoms with Crippen molar-refractivity contribution in [1.29, 1.82) is 5.26 Å². The van der Waals surface area contributed by atoms with Gasteiger partial charge in [0.05, 0.1) is 12.0 Å². The van der Waals surface area contributed by atoms with Gasteiger partial charge in [0, 0.05) is 32.2 Å². The van der Waals surface area contributed by atoms with Crippen LogP contribution in [0.1, 0.15) is 31.7 Å². The van der Waals surface area contributed by atoms with Gasteiger partial charge in [0.2, 0.25) is 0 Å². The lowest BCUT2D eigenvalue weighted by molar-refractivity contribution is -0.265. The van der Waals surface area contributed by atoms with Crippen LogP contribution < -0.4 is 0 Å². The van der Waals surface area contributed by atoms with Gasteiger partial charge in [-0.1, -0.05) is 30.3 Å². The summed E-state index contributed by atoms with van der Waals surface area (Å²) in [4.78, 5) is 2.18. The zero-order valence-electron chi connectivity index (χ0n) is 14.2. The fourth-order valence-corrected chi connectivity index (χ4v) is 3.84.